The molecular formula is C29H40BrFN2O3. The zero-order chi connectivity index (χ0) is 25.8. The Kier molecular flexibility index (Phi) is 12.1. The van der Waals surface area contributed by atoms with E-state index in [-0.39, 0.29) is 12.5 Å². The summed E-state index contributed by atoms with van der Waals surface area (Å²) in [4.78, 5) is 21.0. The molecule has 1 aromatic heterocycles. The van der Waals surface area contributed by atoms with Gasteiger partial charge in [0.05, 0.1) is 11.1 Å². The molecule has 0 bridgehead atoms. The highest BCUT2D eigenvalue weighted by atomic mass is 79.9. The van der Waals surface area contributed by atoms with Crippen LogP contribution in [-0.2, 0) is 16.0 Å². The number of nitrogens with zero attached hydrogens (tertiary/aromatic N) is 2. The number of benzene rings is 1. The molecule has 1 aromatic carbocycles. The first-order valence-electron chi connectivity index (χ1n) is 13.6. The van der Waals surface area contributed by atoms with E-state index in [1.165, 1.54) is 31.2 Å². The van der Waals surface area contributed by atoms with Crippen molar-refractivity contribution in [3.63, 3.8) is 0 Å². The number of esters is 1. The number of aromatic nitrogens is 2. The average Bonchev–Trinajstić information content (AvgIpc) is 2.90. The number of aryl methyl sites for hydroxylation is 1. The van der Waals surface area contributed by atoms with Crippen LogP contribution < -0.4 is 4.74 Å². The van der Waals surface area contributed by atoms with Gasteiger partial charge < -0.3 is 9.47 Å². The van der Waals surface area contributed by atoms with Crippen LogP contribution in [-0.4, -0.2) is 34.8 Å². The Hall–Kier alpha value is -2.02. The van der Waals surface area contributed by atoms with E-state index in [1.807, 2.05) is 37.5 Å². The van der Waals surface area contributed by atoms with Crippen LogP contribution >= 0.6 is 15.9 Å². The second kappa shape index (κ2) is 15.3. The van der Waals surface area contributed by atoms with Gasteiger partial charge in [-0.3, -0.25) is 0 Å². The van der Waals surface area contributed by atoms with E-state index in [4.69, 9.17) is 9.47 Å². The van der Waals surface area contributed by atoms with Crippen LogP contribution in [0.15, 0.2) is 35.1 Å². The Labute approximate surface area is 223 Å². The minimum Gasteiger partial charge on any atom is -0.492 e. The summed E-state index contributed by atoms with van der Waals surface area (Å²) in [6.45, 7) is 4.80. The lowest BCUT2D eigenvalue weighted by molar-refractivity contribution is -0.157. The molecule has 1 aliphatic carbocycles. The van der Waals surface area contributed by atoms with Gasteiger partial charge in [0, 0.05) is 18.0 Å². The van der Waals surface area contributed by atoms with Crippen molar-refractivity contribution in [1.29, 1.82) is 0 Å². The number of hydrogen-bond acceptors (Lipinski definition) is 5. The molecule has 5 nitrogen and oxygen atoms in total. The SMILES string of the molecule is CCCCCCc1cnc(-c2ccc(OCC3CCC(OC(=O)[C@@H](F)CCCC)CC3)c(Br)c2)nc1. The number of rotatable bonds is 14. The largest absolute Gasteiger partial charge is 0.492 e. The molecule has 1 fully saturated rings. The second-order valence-electron chi connectivity index (χ2n) is 9.87. The van der Waals surface area contributed by atoms with Crippen LogP contribution in [0.25, 0.3) is 11.4 Å². The van der Waals surface area contributed by atoms with Gasteiger partial charge in [-0.1, -0.05) is 46.0 Å². The summed E-state index contributed by atoms with van der Waals surface area (Å²) in [6, 6.07) is 5.93. The van der Waals surface area contributed by atoms with Gasteiger partial charge in [0.1, 0.15) is 11.9 Å². The molecule has 0 amide bonds. The van der Waals surface area contributed by atoms with Crippen molar-refractivity contribution in [2.45, 2.75) is 103 Å². The van der Waals surface area contributed by atoms with E-state index in [0.717, 1.165) is 54.3 Å². The fraction of sp³-hybridized carbons (Fsp3) is 0.621. The molecule has 36 heavy (non-hydrogen) atoms. The van der Waals surface area contributed by atoms with Crippen molar-refractivity contribution in [3.05, 3.63) is 40.6 Å². The summed E-state index contributed by atoms with van der Waals surface area (Å²) in [5, 5.41) is 0. The zero-order valence-electron chi connectivity index (χ0n) is 21.7. The minimum atomic E-state index is -1.50. The Morgan fingerprint density at radius 2 is 1.78 bits per heavy atom. The lowest BCUT2D eigenvalue weighted by atomic mass is 9.88. The molecule has 0 N–H and O–H groups in total. The van der Waals surface area contributed by atoms with Gasteiger partial charge in [-0.15, -0.1) is 0 Å². The smallest absolute Gasteiger partial charge is 0.340 e. The van der Waals surface area contributed by atoms with Gasteiger partial charge in [0.15, 0.2) is 12.0 Å². The van der Waals surface area contributed by atoms with Crippen molar-refractivity contribution < 1.29 is 18.7 Å². The number of carbonyl (C=O) groups excluding carboxylic acids is 1. The Morgan fingerprint density at radius 3 is 2.44 bits per heavy atom. The third-order valence-electron chi connectivity index (χ3n) is 6.83. The number of alkyl halides is 1. The fourth-order valence-electron chi connectivity index (χ4n) is 4.51. The molecule has 0 radical (unpaired) electrons. The number of hydrogen-bond donors (Lipinski definition) is 0. The van der Waals surface area contributed by atoms with E-state index in [0.29, 0.717) is 24.8 Å². The molecule has 1 aliphatic rings. The van der Waals surface area contributed by atoms with Crippen LogP contribution in [0.4, 0.5) is 4.39 Å². The highest BCUT2D eigenvalue weighted by molar-refractivity contribution is 9.10. The average molecular weight is 564 g/mol. The number of carbonyl (C=O) groups is 1. The molecule has 7 heteroatoms. The lowest BCUT2D eigenvalue weighted by Gasteiger charge is -2.28. The van der Waals surface area contributed by atoms with Crippen molar-refractivity contribution in [2.75, 3.05) is 6.61 Å². The summed E-state index contributed by atoms with van der Waals surface area (Å²) < 4.78 is 26.2. The first kappa shape index (κ1) is 28.5. The molecule has 0 unspecified atom stereocenters. The first-order valence-corrected chi connectivity index (χ1v) is 14.4. The molecule has 198 valence electrons. The van der Waals surface area contributed by atoms with Gasteiger partial charge in [-0.25, -0.2) is 19.2 Å². The minimum absolute atomic E-state index is 0.178. The van der Waals surface area contributed by atoms with Crippen LogP contribution in [0.3, 0.4) is 0 Å². The molecule has 1 atom stereocenters. The van der Waals surface area contributed by atoms with Gasteiger partial charge in [-0.2, -0.15) is 0 Å². The Bertz CT molecular complexity index is 933. The summed E-state index contributed by atoms with van der Waals surface area (Å²) in [7, 11) is 0. The zero-order valence-corrected chi connectivity index (χ0v) is 23.3. The molecule has 0 spiro atoms. The maximum atomic E-state index is 13.9. The Balaban J connectivity index is 1.42. The quantitative estimate of drug-likeness (QED) is 0.172. The highest BCUT2D eigenvalue weighted by Crippen LogP contribution is 2.32. The summed E-state index contributed by atoms with van der Waals surface area (Å²) >= 11 is 3.63. The second-order valence-corrected chi connectivity index (χ2v) is 10.7. The maximum Gasteiger partial charge on any atom is 0.340 e. The van der Waals surface area contributed by atoms with Gasteiger partial charge in [-0.05, 0) is 90.6 Å². The van der Waals surface area contributed by atoms with Crippen LogP contribution in [0.1, 0.15) is 90.0 Å². The molecule has 2 aromatic rings. The van der Waals surface area contributed by atoms with E-state index >= 15 is 0 Å². The van der Waals surface area contributed by atoms with Crippen molar-refractivity contribution in [1.82, 2.24) is 9.97 Å². The van der Waals surface area contributed by atoms with Gasteiger partial charge in [0.25, 0.3) is 0 Å². The summed E-state index contributed by atoms with van der Waals surface area (Å²) in [6.07, 6.45) is 13.3. The number of unbranched alkanes of at least 4 members (excludes halogenated alkanes) is 4. The van der Waals surface area contributed by atoms with Crippen molar-refractivity contribution in [2.24, 2.45) is 5.92 Å². The molecule has 1 saturated carbocycles. The molecule has 0 aliphatic heterocycles. The number of ether oxygens (including phenoxy) is 2. The molecule has 0 saturated heterocycles. The first-order chi connectivity index (χ1) is 17.5. The van der Waals surface area contributed by atoms with E-state index < -0.39 is 12.1 Å². The normalized spacial score (nSPS) is 18.6. The molecule has 3 rings (SSSR count). The van der Waals surface area contributed by atoms with E-state index in [2.05, 4.69) is 32.8 Å². The fourth-order valence-corrected chi connectivity index (χ4v) is 5.00. The summed E-state index contributed by atoms with van der Waals surface area (Å²) in [5.41, 5.74) is 2.12. The molecule has 1 heterocycles. The maximum absolute atomic E-state index is 13.9. The van der Waals surface area contributed by atoms with E-state index in [1.54, 1.807) is 0 Å². The van der Waals surface area contributed by atoms with Gasteiger partial charge >= 0.3 is 5.97 Å². The predicted molar refractivity (Wildman–Crippen MR) is 145 cm³/mol. The van der Waals surface area contributed by atoms with Crippen molar-refractivity contribution in [3.8, 4) is 17.1 Å². The van der Waals surface area contributed by atoms with Crippen LogP contribution in [0.2, 0.25) is 0 Å². The summed E-state index contributed by atoms with van der Waals surface area (Å²) in [5.74, 6) is 1.19. The predicted octanol–water partition coefficient (Wildman–Crippen LogP) is 8.04. The third kappa shape index (κ3) is 9.13. The highest BCUT2D eigenvalue weighted by Gasteiger charge is 2.27. The Morgan fingerprint density at radius 1 is 1.06 bits per heavy atom. The third-order valence-corrected chi connectivity index (χ3v) is 7.45. The monoisotopic (exact) mass is 562 g/mol. The van der Waals surface area contributed by atoms with Crippen LogP contribution in [0, 0.1) is 5.92 Å². The molecular weight excluding hydrogens is 523 g/mol. The van der Waals surface area contributed by atoms with Crippen LogP contribution in [0.5, 0.6) is 5.75 Å². The number of halogens is 2. The van der Waals surface area contributed by atoms with Crippen molar-refractivity contribution >= 4 is 21.9 Å². The van der Waals surface area contributed by atoms with Gasteiger partial charge in [0.2, 0.25) is 0 Å². The standard InChI is InChI=1S/C29H40BrFN2O3/c1-3-5-7-8-9-22-18-32-28(33-19-22)23-13-16-27(25(30)17-23)35-20-21-11-14-24(15-12-21)36-29(34)26(31)10-6-4-2/h13,16-19,21,24,26H,3-12,14-15,20H2,1-2H3/t21?,24?,26-/m0/s1. The topological polar surface area (TPSA) is 61.3 Å². The van der Waals surface area contributed by atoms with E-state index in [9.17, 15) is 9.18 Å². The lowest BCUT2D eigenvalue weighted by Crippen LogP contribution is -2.30.